The maximum atomic E-state index is 12.9. The Hall–Kier alpha value is -2.74. The Labute approximate surface area is 131 Å². The van der Waals surface area contributed by atoms with Crippen molar-refractivity contribution in [3.8, 4) is 0 Å². The van der Waals surface area contributed by atoms with Crippen LogP contribution in [-0.2, 0) is 16.1 Å². The Morgan fingerprint density at radius 1 is 1.43 bits per heavy atom. The van der Waals surface area contributed by atoms with Gasteiger partial charge in [0, 0.05) is 7.05 Å². The fraction of sp³-hybridized carbons (Fsp3) is 0.267. The third kappa shape index (κ3) is 3.21. The molecule has 120 valence electrons. The van der Waals surface area contributed by atoms with Crippen LogP contribution in [0.25, 0.3) is 0 Å². The van der Waals surface area contributed by atoms with E-state index < -0.39 is 12.3 Å². The van der Waals surface area contributed by atoms with Gasteiger partial charge in [-0.3, -0.25) is 4.79 Å². The van der Waals surface area contributed by atoms with Crippen molar-refractivity contribution in [3.05, 3.63) is 47.0 Å². The van der Waals surface area contributed by atoms with Crippen molar-refractivity contribution < 1.29 is 19.0 Å². The summed E-state index contributed by atoms with van der Waals surface area (Å²) in [6.45, 7) is 0.470. The molecule has 8 heteroatoms. The molecule has 2 heterocycles. The number of nitrogens with one attached hydrogen (secondary N) is 1. The van der Waals surface area contributed by atoms with Gasteiger partial charge in [-0.2, -0.15) is 0 Å². The maximum absolute atomic E-state index is 12.9. The first-order chi connectivity index (χ1) is 11.0. The largest absolute Gasteiger partial charge is 0.503 e. The van der Waals surface area contributed by atoms with E-state index in [-0.39, 0.29) is 30.6 Å². The summed E-state index contributed by atoms with van der Waals surface area (Å²) >= 11 is 0. The molecule has 7 nitrogen and oxygen atoms in total. The molecule has 1 amide bonds. The maximum Gasteiger partial charge on any atom is 0.289 e. The second kappa shape index (κ2) is 6.17. The molecule has 1 aromatic rings. The number of aliphatic imine (C=N–C) groups is 2. The summed E-state index contributed by atoms with van der Waals surface area (Å²) in [4.78, 5) is 21.3. The van der Waals surface area contributed by atoms with Crippen molar-refractivity contribution in [2.24, 2.45) is 9.98 Å². The van der Waals surface area contributed by atoms with E-state index in [1.807, 2.05) is 0 Å². The number of aliphatic hydroxyl groups is 1. The minimum Gasteiger partial charge on any atom is -0.503 e. The van der Waals surface area contributed by atoms with Gasteiger partial charge in [0.2, 0.25) is 6.35 Å². The van der Waals surface area contributed by atoms with E-state index in [9.17, 15) is 14.3 Å². The molecule has 1 aromatic carbocycles. The van der Waals surface area contributed by atoms with E-state index in [1.54, 1.807) is 19.2 Å². The molecular weight excluding hydrogens is 303 g/mol. The van der Waals surface area contributed by atoms with Crippen LogP contribution in [-0.4, -0.2) is 48.0 Å². The number of carbonyl (C=O) groups excluding carboxylic acids is 1. The summed E-state index contributed by atoms with van der Waals surface area (Å²) < 4.78 is 18.4. The average Bonchev–Trinajstić information content (AvgIpc) is 2.82. The zero-order valence-corrected chi connectivity index (χ0v) is 12.4. The second-order valence-corrected chi connectivity index (χ2v) is 5.16. The lowest BCUT2D eigenvalue weighted by molar-refractivity contribution is -0.126. The Kier molecular flexibility index (Phi) is 4.07. The second-order valence-electron chi connectivity index (χ2n) is 5.16. The summed E-state index contributed by atoms with van der Waals surface area (Å²) in [6, 6.07) is 5.95. The molecule has 1 atom stereocenters. The van der Waals surface area contributed by atoms with Crippen LogP contribution in [0, 0.1) is 5.82 Å². The minimum atomic E-state index is -0.700. The molecule has 23 heavy (non-hydrogen) atoms. The first-order valence-corrected chi connectivity index (χ1v) is 6.95. The van der Waals surface area contributed by atoms with Gasteiger partial charge in [0.25, 0.3) is 5.91 Å². The molecular formula is C15H15FN4O3. The average molecular weight is 318 g/mol. The van der Waals surface area contributed by atoms with Crippen molar-refractivity contribution in [1.29, 1.82) is 0 Å². The van der Waals surface area contributed by atoms with Gasteiger partial charge >= 0.3 is 0 Å². The number of rotatable bonds is 4. The normalized spacial score (nSPS) is 20.8. The topological polar surface area (TPSA) is 86.5 Å². The number of aliphatic hydroxyl groups excluding tert-OH is 1. The van der Waals surface area contributed by atoms with E-state index >= 15 is 0 Å². The molecule has 2 aliphatic rings. The SMILES string of the molecule is CN1CC(C2=NC(OCc3ccc(F)cc3)NC=N2)=C(O)C1=O. The van der Waals surface area contributed by atoms with Crippen LogP contribution < -0.4 is 5.32 Å². The van der Waals surface area contributed by atoms with Gasteiger partial charge in [-0.1, -0.05) is 12.1 Å². The fourth-order valence-corrected chi connectivity index (χ4v) is 2.21. The molecule has 0 aliphatic carbocycles. The van der Waals surface area contributed by atoms with E-state index in [0.717, 1.165) is 5.56 Å². The van der Waals surface area contributed by atoms with Crippen LogP contribution in [0.3, 0.4) is 0 Å². The molecule has 0 aromatic heterocycles. The van der Waals surface area contributed by atoms with Crippen molar-refractivity contribution in [2.45, 2.75) is 13.0 Å². The molecule has 3 rings (SSSR count). The van der Waals surface area contributed by atoms with Gasteiger partial charge < -0.3 is 20.1 Å². The van der Waals surface area contributed by atoms with Gasteiger partial charge in [0.1, 0.15) is 5.82 Å². The minimum absolute atomic E-state index is 0.229. The van der Waals surface area contributed by atoms with Gasteiger partial charge in [-0.05, 0) is 17.7 Å². The number of halogens is 1. The highest BCUT2D eigenvalue weighted by Crippen LogP contribution is 2.19. The standard InChI is InChI=1S/C15H15FN4O3/c1-20-6-11(12(21)14(20)22)13-17-8-18-15(19-13)23-7-9-2-4-10(16)5-3-9/h2-5,8,15,21H,6-7H2,1H3,(H,17,18,19). The Morgan fingerprint density at radius 2 is 2.17 bits per heavy atom. The molecule has 0 radical (unpaired) electrons. The lowest BCUT2D eigenvalue weighted by atomic mass is 10.2. The highest BCUT2D eigenvalue weighted by molar-refractivity contribution is 6.11. The predicted octanol–water partition coefficient (Wildman–Crippen LogP) is 0.940. The van der Waals surface area contributed by atoms with Gasteiger partial charge in [-0.25, -0.2) is 14.4 Å². The van der Waals surface area contributed by atoms with Crippen LogP contribution >= 0.6 is 0 Å². The Bertz CT molecular complexity index is 712. The number of hydrogen-bond acceptors (Lipinski definition) is 6. The zero-order chi connectivity index (χ0) is 16.4. The molecule has 0 saturated carbocycles. The highest BCUT2D eigenvalue weighted by Gasteiger charge is 2.31. The first-order valence-electron chi connectivity index (χ1n) is 6.95. The summed E-state index contributed by atoms with van der Waals surface area (Å²) in [5.74, 6) is -0.861. The number of likely N-dealkylation sites (N-methyl/N-ethyl adjacent to an activating group) is 1. The number of nitrogens with zero attached hydrogens (tertiary/aromatic N) is 3. The quantitative estimate of drug-likeness (QED) is 0.865. The molecule has 0 saturated heterocycles. The third-order valence-corrected chi connectivity index (χ3v) is 3.46. The number of carbonyl (C=O) groups is 1. The number of benzene rings is 1. The van der Waals surface area contributed by atoms with Crippen molar-refractivity contribution in [3.63, 3.8) is 0 Å². The van der Waals surface area contributed by atoms with Crippen LogP contribution in [0.2, 0.25) is 0 Å². The van der Waals surface area contributed by atoms with Gasteiger partial charge in [0.15, 0.2) is 11.6 Å². The molecule has 2 aliphatic heterocycles. The predicted molar refractivity (Wildman–Crippen MR) is 81.3 cm³/mol. The van der Waals surface area contributed by atoms with E-state index in [2.05, 4.69) is 15.3 Å². The summed E-state index contributed by atoms with van der Waals surface area (Å²) in [5, 5.41) is 12.7. The van der Waals surface area contributed by atoms with Crippen LogP contribution in [0.15, 0.2) is 45.6 Å². The van der Waals surface area contributed by atoms with Gasteiger partial charge in [0.05, 0.1) is 25.1 Å². The molecule has 0 bridgehead atoms. The summed E-state index contributed by atoms with van der Waals surface area (Å²) in [7, 11) is 1.58. The highest BCUT2D eigenvalue weighted by atomic mass is 19.1. The van der Waals surface area contributed by atoms with Crippen LogP contribution in [0.5, 0.6) is 0 Å². The smallest absolute Gasteiger partial charge is 0.289 e. The Balaban J connectivity index is 1.68. The lowest BCUT2D eigenvalue weighted by Crippen LogP contribution is -2.34. The summed E-state index contributed by atoms with van der Waals surface area (Å²) in [6.07, 6.45) is 0.703. The molecule has 0 spiro atoms. The van der Waals surface area contributed by atoms with Crippen molar-refractivity contribution in [1.82, 2.24) is 10.2 Å². The van der Waals surface area contributed by atoms with Crippen LogP contribution in [0.1, 0.15) is 5.56 Å². The van der Waals surface area contributed by atoms with Crippen molar-refractivity contribution in [2.75, 3.05) is 13.6 Å². The Morgan fingerprint density at radius 3 is 2.83 bits per heavy atom. The molecule has 0 fully saturated rings. The van der Waals surface area contributed by atoms with E-state index in [1.165, 1.54) is 23.4 Å². The first kappa shape index (κ1) is 15.2. The van der Waals surface area contributed by atoms with E-state index in [0.29, 0.717) is 5.57 Å². The third-order valence-electron chi connectivity index (χ3n) is 3.46. The lowest BCUT2D eigenvalue weighted by Gasteiger charge is -2.18. The monoisotopic (exact) mass is 318 g/mol. The van der Waals surface area contributed by atoms with Gasteiger partial charge in [-0.15, -0.1) is 0 Å². The number of hydrogen-bond donors (Lipinski definition) is 2. The number of amidine groups is 1. The van der Waals surface area contributed by atoms with Crippen LogP contribution in [0.4, 0.5) is 4.39 Å². The zero-order valence-electron chi connectivity index (χ0n) is 12.4. The number of amides is 1. The van der Waals surface area contributed by atoms with E-state index in [4.69, 9.17) is 4.74 Å². The summed E-state index contributed by atoms with van der Waals surface area (Å²) in [5.41, 5.74) is 1.16. The molecule has 1 unspecified atom stereocenters. The number of ether oxygens (including phenoxy) is 1. The molecule has 2 N–H and O–H groups in total. The van der Waals surface area contributed by atoms with Crippen molar-refractivity contribution >= 4 is 18.1 Å². The fourth-order valence-electron chi connectivity index (χ4n) is 2.21.